The van der Waals surface area contributed by atoms with Crippen molar-refractivity contribution < 1.29 is 28.7 Å². The van der Waals surface area contributed by atoms with Crippen molar-refractivity contribution in [3.05, 3.63) is 0 Å². The lowest BCUT2D eigenvalue weighted by atomic mass is 9.98. The number of likely N-dealkylation sites (tertiary alicyclic amines) is 1. The summed E-state index contributed by atoms with van der Waals surface area (Å²) in [6, 6.07) is -1.31. The number of imide groups is 1. The summed E-state index contributed by atoms with van der Waals surface area (Å²) in [6.07, 6.45) is 4.83. The summed E-state index contributed by atoms with van der Waals surface area (Å²) in [5, 5.41) is 2.67. The molecule has 10 heteroatoms. The molecule has 0 aromatic rings. The summed E-state index contributed by atoms with van der Waals surface area (Å²) in [7, 11) is 0. The van der Waals surface area contributed by atoms with Crippen LogP contribution in [-0.4, -0.2) is 70.8 Å². The molecule has 5 amide bonds. The molecule has 0 unspecified atom stereocenters. The van der Waals surface area contributed by atoms with Gasteiger partial charge >= 0.3 is 12.0 Å². The summed E-state index contributed by atoms with van der Waals surface area (Å²) in [6.45, 7) is -0.726. The molecule has 3 aliphatic rings. The highest BCUT2D eigenvalue weighted by atomic mass is 16.5. The highest BCUT2D eigenvalue weighted by Gasteiger charge is 2.52. The predicted molar refractivity (Wildman–Crippen MR) is 90.9 cm³/mol. The molecule has 1 aliphatic carbocycles. The molecule has 0 aromatic carbocycles. The lowest BCUT2D eigenvalue weighted by Crippen LogP contribution is -2.51. The van der Waals surface area contributed by atoms with Crippen LogP contribution in [0.3, 0.4) is 0 Å². The smallest absolute Gasteiger partial charge is 0.326 e. The van der Waals surface area contributed by atoms with E-state index in [0.717, 1.165) is 30.6 Å². The van der Waals surface area contributed by atoms with E-state index in [-0.39, 0.29) is 0 Å². The van der Waals surface area contributed by atoms with E-state index in [1.165, 1.54) is 4.90 Å². The number of rotatable bonds is 5. The minimum Gasteiger partial charge on any atom is -0.454 e. The highest BCUT2D eigenvalue weighted by Crippen LogP contribution is 2.34. The molecule has 148 valence electrons. The monoisotopic (exact) mass is 380 g/mol. The van der Waals surface area contributed by atoms with Gasteiger partial charge in [-0.05, 0) is 32.1 Å². The minimum atomic E-state index is -0.893. The van der Waals surface area contributed by atoms with Crippen molar-refractivity contribution in [3.8, 4) is 0 Å². The second-order valence-electron chi connectivity index (χ2n) is 7.27. The number of hydrogen-bond donors (Lipinski definition) is 2. The van der Waals surface area contributed by atoms with Crippen LogP contribution in [0.4, 0.5) is 4.79 Å². The van der Waals surface area contributed by atoms with Crippen LogP contribution < -0.4 is 11.1 Å². The van der Waals surface area contributed by atoms with Gasteiger partial charge in [0.25, 0.3) is 11.8 Å². The number of amides is 5. The van der Waals surface area contributed by atoms with Gasteiger partial charge in [-0.2, -0.15) is 0 Å². The number of nitrogens with two attached hydrogens (primary N) is 1. The number of nitrogens with zero attached hydrogens (tertiary/aromatic N) is 2. The SMILES string of the molecule is NC(=O)[C@@H]1CCCCN1C(=O)COC(=O)CN1C(=O)NC2(CCCC2)C1=O. The van der Waals surface area contributed by atoms with Crippen LogP contribution in [0.25, 0.3) is 0 Å². The number of ether oxygens (including phenoxy) is 1. The maximum atomic E-state index is 12.5. The Hall–Kier alpha value is -2.65. The number of carbonyl (C=O) groups excluding carboxylic acids is 5. The Balaban J connectivity index is 1.52. The molecular weight excluding hydrogens is 356 g/mol. The van der Waals surface area contributed by atoms with E-state index in [9.17, 15) is 24.0 Å². The molecule has 1 spiro atoms. The molecule has 1 atom stereocenters. The molecular formula is C17H24N4O6. The van der Waals surface area contributed by atoms with Gasteiger partial charge in [0.1, 0.15) is 18.1 Å². The lowest BCUT2D eigenvalue weighted by Gasteiger charge is -2.33. The van der Waals surface area contributed by atoms with E-state index in [2.05, 4.69) is 5.32 Å². The summed E-state index contributed by atoms with van der Waals surface area (Å²) in [4.78, 5) is 62.5. The zero-order valence-corrected chi connectivity index (χ0v) is 15.1. The van der Waals surface area contributed by atoms with Crippen LogP contribution in [0.2, 0.25) is 0 Å². The first kappa shape index (κ1) is 19.1. The fourth-order valence-electron chi connectivity index (χ4n) is 4.06. The largest absolute Gasteiger partial charge is 0.454 e. The molecule has 1 saturated carbocycles. The third-order valence-electron chi connectivity index (χ3n) is 5.50. The quantitative estimate of drug-likeness (QED) is 0.476. The second-order valence-corrected chi connectivity index (χ2v) is 7.27. The number of urea groups is 1. The Morgan fingerprint density at radius 1 is 1.15 bits per heavy atom. The van der Waals surface area contributed by atoms with E-state index in [1.54, 1.807) is 0 Å². The van der Waals surface area contributed by atoms with E-state index >= 15 is 0 Å². The van der Waals surface area contributed by atoms with Crippen LogP contribution >= 0.6 is 0 Å². The van der Waals surface area contributed by atoms with Crippen LogP contribution in [0.15, 0.2) is 0 Å². The molecule has 3 N–H and O–H groups in total. The number of carbonyl (C=O) groups is 5. The van der Waals surface area contributed by atoms with E-state index in [0.29, 0.717) is 25.8 Å². The summed E-state index contributed by atoms with van der Waals surface area (Å²) in [5.74, 6) is -2.38. The lowest BCUT2D eigenvalue weighted by molar-refractivity contribution is -0.156. The molecule has 2 aliphatic heterocycles. The van der Waals surface area contributed by atoms with Crippen molar-refractivity contribution in [1.29, 1.82) is 0 Å². The van der Waals surface area contributed by atoms with Gasteiger partial charge in [0.05, 0.1) is 0 Å². The first-order valence-electron chi connectivity index (χ1n) is 9.22. The second kappa shape index (κ2) is 7.53. The van der Waals surface area contributed by atoms with Gasteiger partial charge in [-0.3, -0.25) is 24.1 Å². The topological polar surface area (TPSA) is 139 Å². The van der Waals surface area contributed by atoms with Crippen LogP contribution in [-0.2, 0) is 23.9 Å². The fourth-order valence-corrected chi connectivity index (χ4v) is 4.06. The number of nitrogens with one attached hydrogen (secondary N) is 1. The fraction of sp³-hybridized carbons (Fsp3) is 0.706. The highest BCUT2D eigenvalue weighted by molar-refractivity contribution is 6.08. The van der Waals surface area contributed by atoms with Gasteiger partial charge < -0.3 is 20.7 Å². The van der Waals surface area contributed by atoms with Crippen molar-refractivity contribution in [2.24, 2.45) is 5.73 Å². The molecule has 3 fully saturated rings. The normalized spacial score (nSPS) is 24.2. The molecule has 27 heavy (non-hydrogen) atoms. The first-order chi connectivity index (χ1) is 12.8. The molecule has 0 aromatic heterocycles. The number of piperidine rings is 1. The van der Waals surface area contributed by atoms with Gasteiger partial charge in [-0.25, -0.2) is 4.79 Å². The molecule has 3 rings (SSSR count). The molecule has 10 nitrogen and oxygen atoms in total. The van der Waals surface area contributed by atoms with Crippen molar-refractivity contribution in [3.63, 3.8) is 0 Å². The molecule has 2 saturated heterocycles. The van der Waals surface area contributed by atoms with E-state index in [1.807, 2.05) is 0 Å². The van der Waals surface area contributed by atoms with Gasteiger partial charge in [-0.15, -0.1) is 0 Å². The Morgan fingerprint density at radius 3 is 2.52 bits per heavy atom. The average molecular weight is 380 g/mol. The maximum absolute atomic E-state index is 12.5. The van der Waals surface area contributed by atoms with Crippen LogP contribution in [0, 0.1) is 0 Å². The van der Waals surface area contributed by atoms with E-state index in [4.69, 9.17) is 10.5 Å². The first-order valence-corrected chi connectivity index (χ1v) is 9.22. The number of primary amides is 1. The van der Waals surface area contributed by atoms with Crippen LogP contribution in [0.5, 0.6) is 0 Å². The predicted octanol–water partition coefficient (Wildman–Crippen LogP) is -0.739. The zero-order valence-electron chi connectivity index (χ0n) is 15.1. The summed E-state index contributed by atoms with van der Waals surface area (Å²) >= 11 is 0. The van der Waals surface area contributed by atoms with Crippen molar-refractivity contribution >= 4 is 29.7 Å². The van der Waals surface area contributed by atoms with Gasteiger partial charge in [-0.1, -0.05) is 12.8 Å². The summed E-state index contributed by atoms with van der Waals surface area (Å²) in [5.41, 5.74) is 4.43. The number of esters is 1. The van der Waals surface area contributed by atoms with Crippen molar-refractivity contribution in [2.75, 3.05) is 19.7 Å². The summed E-state index contributed by atoms with van der Waals surface area (Å²) < 4.78 is 4.94. The van der Waals surface area contributed by atoms with E-state index < -0.39 is 54.5 Å². The van der Waals surface area contributed by atoms with Gasteiger partial charge in [0.2, 0.25) is 5.91 Å². The van der Waals surface area contributed by atoms with Crippen molar-refractivity contribution in [2.45, 2.75) is 56.5 Å². The Bertz CT molecular complexity index is 672. The maximum Gasteiger partial charge on any atom is 0.326 e. The van der Waals surface area contributed by atoms with Gasteiger partial charge in [0, 0.05) is 6.54 Å². The average Bonchev–Trinajstić information content (AvgIpc) is 3.20. The standard InChI is InChI=1S/C17H24N4O6/c18-14(24)11-5-1-4-8-20(11)12(22)10-27-13(23)9-21-15(25)17(19-16(21)26)6-2-3-7-17/h11H,1-10H2,(H2,18,24)(H,19,26)/t11-/m0/s1. The number of hydrogen-bond acceptors (Lipinski definition) is 6. The van der Waals surface area contributed by atoms with Gasteiger partial charge in [0.15, 0.2) is 6.61 Å². The Labute approximate surface area is 156 Å². The minimum absolute atomic E-state index is 0.375. The molecule has 0 bridgehead atoms. The third-order valence-corrected chi connectivity index (χ3v) is 5.50. The van der Waals surface area contributed by atoms with Crippen molar-refractivity contribution in [1.82, 2.24) is 15.1 Å². The Kier molecular flexibility index (Phi) is 5.33. The Morgan fingerprint density at radius 2 is 1.85 bits per heavy atom. The third kappa shape index (κ3) is 3.74. The molecule has 0 radical (unpaired) electrons. The molecule has 2 heterocycles. The zero-order chi connectivity index (χ0) is 19.6. The van der Waals surface area contributed by atoms with Crippen LogP contribution in [0.1, 0.15) is 44.9 Å².